The summed E-state index contributed by atoms with van der Waals surface area (Å²) in [6, 6.07) is 0. The molecule has 3 N–H and O–H groups in total. The second kappa shape index (κ2) is 6.58. The van der Waals surface area contributed by atoms with Gasteiger partial charge < -0.3 is 15.8 Å². The molecule has 0 aliphatic rings. The Kier molecular flexibility index (Phi) is 5.34. The van der Waals surface area contributed by atoms with Gasteiger partial charge in [-0.05, 0) is 12.3 Å². The first-order valence-corrected chi connectivity index (χ1v) is 5.86. The molecule has 0 aliphatic heterocycles. The van der Waals surface area contributed by atoms with Crippen LogP contribution < -0.4 is 11.1 Å². The molecule has 1 heterocycles. The lowest BCUT2D eigenvalue weighted by Gasteiger charge is -2.06. The highest BCUT2D eigenvalue weighted by atomic mass is 32.1. The van der Waals surface area contributed by atoms with Crippen molar-refractivity contribution in [1.82, 2.24) is 9.36 Å². The molecule has 1 rings (SSSR count). The predicted molar refractivity (Wildman–Crippen MR) is 63.1 cm³/mol. The third-order valence-corrected chi connectivity index (χ3v) is 2.32. The summed E-state index contributed by atoms with van der Waals surface area (Å²) in [5.41, 5.74) is 5.39. The average Bonchev–Trinajstić information content (AvgIpc) is 2.57. The summed E-state index contributed by atoms with van der Waals surface area (Å²) < 4.78 is 9.31. The summed E-state index contributed by atoms with van der Waals surface area (Å²) in [5, 5.41) is 3.91. The first kappa shape index (κ1) is 12.2. The maximum absolute atomic E-state index is 5.44. The topological polar surface area (TPSA) is 73.1 Å². The molecule has 6 heteroatoms. The number of nitrogen functional groups attached to an aromatic ring is 1. The Balaban J connectivity index is 1.98. The molecule has 0 aliphatic carbocycles. The van der Waals surface area contributed by atoms with E-state index in [-0.39, 0.29) is 0 Å². The van der Waals surface area contributed by atoms with Crippen LogP contribution in [0.15, 0.2) is 0 Å². The standard InChI is InChI=1S/C9H18N4OS/c1-7(2)6-14-5-3-4-11-9-12-8(10)13-15-9/h7H,3-6H2,1-2H3,(H3,10,11,12,13). The van der Waals surface area contributed by atoms with E-state index in [1.807, 2.05) is 0 Å². The molecular formula is C9H18N4OS. The molecule has 0 atom stereocenters. The van der Waals surface area contributed by atoms with Crippen molar-refractivity contribution in [2.75, 3.05) is 30.8 Å². The van der Waals surface area contributed by atoms with E-state index in [1.165, 1.54) is 11.5 Å². The number of hydrogen-bond donors (Lipinski definition) is 2. The van der Waals surface area contributed by atoms with Crippen LogP contribution in [0.5, 0.6) is 0 Å². The first-order valence-electron chi connectivity index (χ1n) is 5.09. The lowest BCUT2D eigenvalue weighted by atomic mass is 10.2. The number of hydrogen-bond acceptors (Lipinski definition) is 6. The van der Waals surface area contributed by atoms with Gasteiger partial charge in [-0.2, -0.15) is 9.36 Å². The van der Waals surface area contributed by atoms with Gasteiger partial charge in [-0.3, -0.25) is 0 Å². The molecule has 86 valence electrons. The fourth-order valence-corrected chi connectivity index (χ4v) is 1.52. The van der Waals surface area contributed by atoms with E-state index in [0.29, 0.717) is 11.9 Å². The van der Waals surface area contributed by atoms with E-state index < -0.39 is 0 Å². The number of nitrogens with one attached hydrogen (secondary N) is 1. The number of anilines is 2. The van der Waals surface area contributed by atoms with Crippen LogP contribution in [0.4, 0.5) is 11.1 Å². The largest absolute Gasteiger partial charge is 0.381 e. The predicted octanol–water partition coefficient (Wildman–Crippen LogP) is 1.59. The van der Waals surface area contributed by atoms with Gasteiger partial charge in [0.25, 0.3) is 0 Å². The Bertz CT molecular complexity index is 277. The van der Waals surface area contributed by atoms with Crippen LogP contribution in [0.1, 0.15) is 20.3 Å². The third kappa shape index (κ3) is 5.54. The Morgan fingerprint density at radius 1 is 1.53 bits per heavy atom. The molecule has 0 amide bonds. The van der Waals surface area contributed by atoms with Crippen molar-refractivity contribution in [3.05, 3.63) is 0 Å². The van der Waals surface area contributed by atoms with Crippen LogP contribution in [0, 0.1) is 5.92 Å². The zero-order valence-corrected chi connectivity index (χ0v) is 10.0. The molecule has 0 bridgehead atoms. The molecular weight excluding hydrogens is 212 g/mol. The van der Waals surface area contributed by atoms with Gasteiger partial charge in [-0.25, -0.2) is 0 Å². The summed E-state index contributed by atoms with van der Waals surface area (Å²) >= 11 is 1.28. The monoisotopic (exact) mass is 230 g/mol. The normalized spacial score (nSPS) is 10.9. The van der Waals surface area contributed by atoms with Gasteiger partial charge in [-0.15, -0.1) is 0 Å². The number of ether oxygens (including phenoxy) is 1. The van der Waals surface area contributed by atoms with Gasteiger partial charge in [0.2, 0.25) is 11.1 Å². The SMILES string of the molecule is CC(C)COCCCNc1nc(N)ns1. The second-order valence-corrected chi connectivity index (χ2v) is 4.46. The molecule has 15 heavy (non-hydrogen) atoms. The van der Waals surface area contributed by atoms with Gasteiger partial charge >= 0.3 is 0 Å². The van der Waals surface area contributed by atoms with Crippen LogP contribution in [-0.4, -0.2) is 29.1 Å². The van der Waals surface area contributed by atoms with Gasteiger partial charge in [0.05, 0.1) is 0 Å². The molecule has 1 aromatic heterocycles. The van der Waals surface area contributed by atoms with E-state index in [0.717, 1.165) is 31.3 Å². The fraction of sp³-hybridized carbons (Fsp3) is 0.778. The van der Waals surface area contributed by atoms with Crippen molar-refractivity contribution in [2.24, 2.45) is 5.92 Å². The van der Waals surface area contributed by atoms with Crippen molar-refractivity contribution >= 4 is 22.6 Å². The van der Waals surface area contributed by atoms with E-state index >= 15 is 0 Å². The van der Waals surface area contributed by atoms with Crippen LogP contribution in [0.2, 0.25) is 0 Å². The van der Waals surface area contributed by atoms with Crippen molar-refractivity contribution in [3.63, 3.8) is 0 Å². The molecule has 1 aromatic rings. The minimum atomic E-state index is 0.332. The smallest absolute Gasteiger partial charge is 0.233 e. The van der Waals surface area contributed by atoms with Gasteiger partial charge in [0.1, 0.15) is 0 Å². The van der Waals surface area contributed by atoms with Crippen LogP contribution >= 0.6 is 11.5 Å². The highest BCUT2D eigenvalue weighted by Gasteiger charge is 1.98. The molecule has 0 fully saturated rings. The summed E-state index contributed by atoms with van der Waals surface area (Å²) in [7, 11) is 0. The van der Waals surface area contributed by atoms with Gasteiger partial charge in [0, 0.05) is 31.3 Å². The van der Waals surface area contributed by atoms with Crippen LogP contribution in [-0.2, 0) is 4.74 Å². The molecule has 0 spiro atoms. The zero-order valence-electron chi connectivity index (χ0n) is 9.19. The highest BCUT2D eigenvalue weighted by Crippen LogP contribution is 2.11. The van der Waals surface area contributed by atoms with Crippen LogP contribution in [0.25, 0.3) is 0 Å². The van der Waals surface area contributed by atoms with Crippen LogP contribution in [0.3, 0.4) is 0 Å². The third-order valence-electron chi connectivity index (χ3n) is 1.63. The summed E-state index contributed by atoms with van der Waals surface area (Å²) in [5.74, 6) is 0.930. The maximum Gasteiger partial charge on any atom is 0.233 e. The Morgan fingerprint density at radius 3 is 2.93 bits per heavy atom. The minimum Gasteiger partial charge on any atom is -0.381 e. The van der Waals surface area contributed by atoms with Gasteiger partial charge in [-0.1, -0.05) is 13.8 Å². The van der Waals surface area contributed by atoms with Crippen molar-refractivity contribution in [2.45, 2.75) is 20.3 Å². The van der Waals surface area contributed by atoms with E-state index in [1.54, 1.807) is 0 Å². The average molecular weight is 230 g/mol. The minimum absolute atomic E-state index is 0.332. The molecule has 0 saturated carbocycles. The quantitative estimate of drug-likeness (QED) is 0.696. The summed E-state index contributed by atoms with van der Waals surface area (Å²) in [6.45, 7) is 6.72. The number of rotatable bonds is 7. The Labute approximate surface area is 94.2 Å². The first-order chi connectivity index (χ1) is 7.18. The van der Waals surface area contributed by atoms with E-state index in [2.05, 4.69) is 28.5 Å². The fourth-order valence-electron chi connectivity index (χ4n) is 0.995. The lowest BCUT2D eigenvalue weighted by molar-refractivity contribution is 0.110. The number of nitrogens with two attached hydrogens (primary N) is 1. The Hall–Kier alpha value is -0.880. The summed E-state index contributed by atoms with van der Waals surface area (Å²) in [4.78, 5) is 3.99. The molecule has 0 aromatic carbocycles. The van der Waals surface area contributed by atoms with Crippen molar-refractivity contribution in [3.8, 4) is 0 Å². The highest BCUT2D eigenvalue weighted by molar-refractivity contribution is 7.09. The van der Waals surface area contributed by atoms with E-state index in [9.17, 15) is 0 Å². The van der Waals surface area contributed by atoms with E-state index in [4.69, 9.17) is 10.5 Å². The molecule has 0 saturated heterocycles. The molecule has 0 unspecified atom stereocenters. The molecule has 0 radical (unpaired) electrons. The summed E-state index contributed by atoms with van der Waals surface area (Å²) in [6.07, 6.45) is 0.964. The maximum atomic E-state index is 5.44. The zero-order chi connectivity index (χ0) is 11.1. The number of aromatic nitrogens is 2. The van der Waals surface area contributed by atoms with Crippen molar-refractivity contribution in [1.29, 1.82) is 0 Å². The van der Waals surface area contributed by atoms with Crippen molar-refractivity contribution < 1.29 is 4.74 Å². The molecule has 5 nitrogen and oxygen atoms in total. The number of nitrogens with zero attached hydrogens (tertiary/aromatic N) is 2. The lowest BCUT2D eigenvalue weighted by Crippen LogP contribution is -2.08. The second-order valence-electron chi connectivity index (χ2n) is 3.71. The van der Waals surface area contributed by atoms with Gasteiger partial charge in [0.15, 0.2) is 0 Å². The Morgan fingerprint density at radius 2 is 2.33 bits per heavy atom.